The molecule has 1 fully saturated rings. The van der Waals surface area contributed by atoms with Gasteiger partial charge in [-0.3, -0.25) is 0 Å². The van der Waals surface area contributed by atoms with Crippen molar-refractivity contribution in [3.63, 3.8) is 0 Å². The zero-order valence-electron chi connectivity index (χ0n) is 8.61. The number of hydrogen-bond acceptors (Lipinski definition) is 2. The standard InChI is InChI=1S/C13H15NO/c14-8-12(15)10-7-13(5-6-13)11-4-2-1-3-9(10)11/h1-4,7,12,15H,5-6,8,14H2/t12-/m0/s1. The Morgan fingerprint density at radius 2 is 2.07 bits per heavy atom. The molecule has 2 aliphatic rings. The second-order valence-corrected chi connectivity index (χ2v) is 4.55. The van der Waals surface area contributed by atoms with Crippen molar-refractivity contribution >= 4 is 5.57 Å². The van der Waals surface area contributed by atoms with Crippen molar-refractivity contribution < 1.29 is 5.11 Å². The molecule has 1 aromatic rings. The van der Waals surface area contributed by atoms with Gasteiger partial charge < -0.3 is 10.8 Å². The maximum absolute atomic E-state index is 9.87. The fourth-order valence-corrected chi connectivity index (χ4v) is 2.57. The molecular weight excluding hydrogens is 186 g/mol. The topological polar surface area (TPSA) is 46.2 Å². The monoisotopic (exact) mass is 201 g/mol. The highest BCUT2D eigenvalue weighted by Crippen LogP contribution is 2.57. The Kier molecular flexibility index (Phi) is 1.79. The van der Waals surface area contributed by atoms with E-state index in [9.17, 15) is 5.11 Å². The van der Waals surface area contributed by atoms with Crippen molar-refractivity contribution in [2.24, 2.45) is 5.73 Å². The van der Waals surface area contributed by atoms with Crippen LogP contribution in [-0.2, 0) is 5.41 Å². The SMILES string of the molecule is NC[C@H](O)C1=CC2(CC2)c2ccccc21. The number of aliphatic hydroxyl groups excluding tert-OH is 1. The van der Waals surface area contributed by atoms with Crippen LogP contribution in [0.25, 0.3) is 5.57 Å². The van der Waals surface area contributed by atoms with E-state index in [1.54, 1.807) is 0 Å². The Morgan fingerprint density at radius 1 is 1.33 bits per heavy atom. The molecule has 1 atom stereocenters. The van der Waals surface area contributed by atoms with Crippen molar-refractivity contribution in [3.05, 3.63) is 41.5 Å². The van der Waals surface area contributed by atoms with E-state index in [1.807, 2.05) is 6.07 Å². The van der Waals surface area contributed by atoms with Gasteiger partial charge in [0.2, 0.25) is 0 Å². The van der Waals surface area contributed by atoms with Crippen LogP contribution in [0.1, 0.15) is 24.0 Å². The molecule has 0 saturated heterocycles. The van der Waals surface area contributed by atoms with E-state index in [1.165, 1.54) is 24.0 Å². The van der Waals surface area contributed by atoms with Crippen LogP contribution < -0.4 is 5.73 Å². The highest BCUT2D eigenvalue weighted by atomic mass is 16.3. The van der Waals surface area contributed by atoms with Crippen molar-refractivity contribution in [2.75, 3.05) is 6.54 Å². The molecular formula is C13H15NO. The number of benzene rings is 1. The molecule has 2 nitrogen and oxygen atoms in total. The van der Waals surface area contributed by atoms with Crippen LogP contribution in [0.4, 0.5) is 0 Å². The summed E-state index contributed by atoms with van der Waals surface area (Å²) in [6.45, 7) is 0.302. The second-order valence-electron chi connectivity index (χ2n) is 4.55. The van der Waals surface area contributed by atoms with Crippen LogP contribution in [0.15, 0.2) is 30.3 Å². The van der Waals surface area contributed by atoms with Crippen LogP contribution in [0.5, 0.6) is 0 Å². The first-order valence-corrected chi connectivity index (χ1v) is 5.48. The molecule has 0 unspecified atom stereocenters. The Balaban J connectivity index is 2.12. The summed E-state index contributed by atoms with van der Waals surface area (Å²) in [5.41, 5.74) is 9.40. The summed E-state index contributed by atoms with van der Waals surface area (Å²) in [5.74, 6) is 0. The van der Waals surface area contributed by atoms with Gasteiger partial charge in [0.1, 0.15) is 0 Å². The van der Waals surface area contributed by atoms with Crippen LogP contribution in [-0.4, -0.2) is 17.8 Å². The predicted molar refractivity (Wildman–Crippen MR) is 60.4 cm³/mol. The van der Waals surface area contributed by atoms with Crippen LogP contribution in [0.2, 0.25) is 0 Å². The first kappa shape index (κ1) is 9.13. The van der Waals surface area contributed by atoms with E-state index in [2.05, 4.69) is 24.3 Å². The minimum atomic E-state index is -0.508. The fourth-order valence-electron chi connectivity index (χ4n) is 2.57. The number of aliphatic hydroxyl groups is 1. The van der Waals surface area contributed by atoms with Crippen molar-refractivity contribution in [2.45, 2.75) is 24.4 Å². The highest BCUT2D eigenvalue weighted by molar-refractivity contribution is 5.80. The summed E-state index contributed by atoms with van der Waals surface area (Å²) in [6, 6.07) is 8.37. The van der Waals surface area contributed by atoms with Gasteiger partial charge in [-0.25, -0.2) is 0 Å². The third kappa shape index (κ3) is 1.18. The molecule has 0 bridgehead atoms. The van der Waals surface area contributed by atoms with Gasteiger partial charge in [-0.15, -0.1) is 0 Å². The Morgan fingerprint density at radius 3 is 2.73 bits per heavy atom. The Hall–Kier alpha value is -1.12. The lowest BCUT2D eigenvalue weighted by Gasteiger charge is -2.10. The van der Waals surface area contributed by atoms with Gasteiger partial charge in [-0.2, -0.15) is 0 Å². The quantitative estimate of drug-likeness (QED) is 0.760. The van der Waals surface area contributed by atoms with Gasteiger partial charge in [0.15, 0.2) is 0 Å². The van der Waals surface area contributed by atoms with Gasteiger partial charge in [0.25, 0.3) is 0 Å². The van der Waals surface area contributed by atoms with Crippen LogP contribution in [0.3, 0.4) is 0 Å². The van der Waals surface area contributed by atoms with Gasteiger partial charge in [-0.1, -0.05) is 30.3 Å². The van der Waals surface area contributed by atoms with Gasteiger partial charge in [-0.05, 0) is 29.5 Å². The molecule has 1 aromatic carbocycles. The smallest absolute Gasteiger partial charge is 0.0915 e. The molecule has 15 heavy (non-hydrogen) atoms. The van der Waals surface area contributed by atoms with E-state index in [0.717, 1.165) is 5.57 Å². The van der Waals surface area contributed by atoms with E-state index >= 15 is 0 Å². The number of fused-ring (bicyclic) bond motifs is 2. The van der Waals surface area contributed by atoms with Crippen molar-refractivity contribution in [1.29, 1.82) is 0 Å². The van der Waals surface area contributed by atoms with E-state index in [4.69, 9.17) is 5.73 Å². The van der Waals surface area contributed by atoms with Crippen molar-refractivity contribution in [3.8, 4) is 0 Å². The average Bonchev–Trinajstić information content (AvgIpc) is 2.98. The first-order chi connectivity index (χ1) is 7.27. The molecule has 0 aromatic heterocycles. The minimum absolute atomic E-state index is 0.252. The average molecular weight is 201 g/mol. The molecule has 78 valence electrons. The summed E-state index contributed by atoms with van der Waals surface area (Å²) in [6.07, 6.45) is 4.15. The number of allylic oxidation sites excluding steroid dienone is 1. The molecule has 2 heteroatoms. The lowest BCUT2D eigenvalue weighted by Crippen LogP contribution is -2.20. The third-order valence-electron chi connectivity index (χ3n) is 3.58. The lowest BCUT2D eigenvalue weighted by molar-refractivity contribution is 0.241. The highest BCUT2D eigenvalue weighted by Gasteiger charge is 2.48. The van der Waals surface area contributed by atoms with Gasteiger partial charge >= 0.3 is 0 Å². The fraction of sp³-hybridized carbons (Fsp3) is 0.385. The minimum Gasteiger partial charge on any atom is -0.387 e. The molecule has 0 radical (unpaired) electrons. The number of nitrogens with two attached hydrogens (primary N) is 1. The van der Waals surface area contributed by atoms with Crippen LogP contribution >= 0.6 is 0 Å². The molecule has 0 amide bonds. The normalized spacial score (nSPS) is 22.4. The second kappa shape index (κ2) is 2.94. The summed E-state index contributed by atoms with van der Waals surface area (Å²) in [5, 5.41) is 9.87. The zero-order chi connectivity index (χ0) is 10.5. The number of hydrogen-bond donors (Lipinski definition) is 2. The van der Waals surface area contributed by atoms with Crippen LogP contribution in [0, 0.1) is 0 Å². The molecule has 0 aliphatic heterocycles. The summed E-state index contributed by atoms with van der Waals surface area (Å²) in [7, 11) is 0. The maximum atomic E-state index is 9.87. The Labute approximate surface area is 89.4 Å². The summed E-state index contributed by atoms with van der Waals surface area (Å²) in [4.78, 5) is 0. The van der Waals surface area contributed by atoms with E-state index in [0.29, 0.717) is 6.54 Å². The van der Waals surface area contributed by atoms with E-state index in [-0.39, 0.29) is 5.41 Å². The number of rotatable bonds is 2. The maximum Gasteiger partial charge on any atom is 0.0915 e. The van der Waals surface area contributed by atoms with E-state index < -0.39 is 6.10 Å². The molecule has 1 spiro atoms. The predicted octanol–water partition coefficient (Wildman–Crippen LogP) is 1.43. The summed E-state index contributed by atoms with van der Waals surface area (Å²) >= 11 is 0. The van der Waals surface area contributed by atoms with Gasteiger partial charge in [0.05, 0.1) is 6.10 Å². The van der Waals surface area contributed by atoms with Crippen molar-refractivity contribution in [1.82, 2.24) is 0 Å². The molecule has 2 aliphatic carbocycles. The Bertz CT molecular complexity index is 432. The molecule has 1 saturated carbocycles. The molecule has 3 rings (SSSR count). The lowest BCUT2D eigenvalue weighted by atomic mass is 9.97. The molecule has 3 N–H and O–H groups in total. The summed E-state index contributed by atoms with van der Waals surface area (Å²) < 4.78 is 0. The first-order valence-electron chi connectivity index (χ1n) is 5.48. The molecule has 0 heterocycles. The van der Waals surface area contributed by atoms with Gasteiger partial charge in [0, 0.05) is 12.0 Å². The zero-order valence-corrected chi connectivity index (χ0v) is 8.61. The largest absolute Gasteiger partial charge is 0.387 e. The third-order valence-corrected chi connectivity index (χ3v) is 3.58.